The largest absolute Gasteiger partial charge is 0.277 e. The number of halogens is 1. The molecule has 4 heteroatoms. The molecule has 3 rings (SSSR count). The van der Waals surface area contributed by atoms with Gasteiger partial charge in [0.15, 0.2) is 0 Å². The van der Waals surface area contributed by atoms with E-state index in [1.807, 2.05) is 48.6 Å². The number of nitrogens with one attached hydrogen (secondary N) is 1. The molecular weight excluding hydrogens is 290 g/mol. The minimum Gasteiger partial charge on any atom is -0.277 e. The Morgan fingerprint density at radius 3 is 2.89 bits per heavy atom. The first-order valence-electron chi connectivity index (χ1n) is 5.56. The summed E-state index contributed by atoms with van der Waals surface area (Å²) in [6, 6.07) is 11.9. The second-order valence-corrected chi connectivity index (χ2v) is 4.80. The molecule has 0 aliphatic heterocycles. The topological polar surface area (TPSA) is 41.6 Å². The van der Waals surface area contributed by atoms with Crippen molar-refractivity contribution >= 4 is 39.0 Å². The van der Waals surface area contributed by atoms with Gasteiger partial charge >= 0.3 is 0 Å². The van der Waals surface area contributed by atoms with Crippen LogP contribution in [0.3, 0.4) is 0 Å². The van der Waals surface area contributed by atoms with Gasteiger partial charge in [0.25, 0.3) is 0 Å². The van der Waals surface area contributed by atoms with E-state index in [0.717, 1.165) is 26.8 Å². The number of hydrogen-bond acceptors (Lipinski definition) is 2. The summed E-state index contributed by atoms with van der Waals surface area (Å²) in [7, 11) is 0. The Morgan fingerprint density at radius 2 is 2.06 bits per heavy atom. The summed E-state index contributed by atoms with van der Waals surface area (Å²) in [6.07, 6.45) is 5.70. The molecule has 2 aromatic heterocycles. The molecule has 0 spiro atoms. The summed E-state index contributed by atoms with van der Waals surface area (Å²) in [6.45, 7) is 0. The molecule has 0 saturated carbocycles. The summed E-state index contributed by atoms with van der Waals surface area (Å²) in [5, 5.41) is 8.41. The minimum absolute atomic E-state index is 0.920. The van der Waals surface area contributed by atoms with Crippen LogP contribution in [-0.4, -0.2) is 15.2 Å². The minimum atomic E-state index is 0.920. The smallest absolute Gasteiger partial charge is 0.0928 e. The number of aromatic nitrogens is 3. The van der Waals surface area contributed by atoms with Gasteiger partial charge in [0, 0.05) is 16.1 Å². The van der Waals surface area contributed by atoms with Crippen LogP contribution in [0.5, 0.6) is 0 Å². The number of benzene rings is 1. The monoisotopic (exact) mass is 299 g/mol. The summed E-state index contributed by atoms with van der Waals surface area (Å²) in [5.41, 5.74) is 2.86. The second kappa shape index (κ2) is 4.74. The highest BCUT2D eigenvalue weighted by Crippen LogP contribution is 2.21. The molecule has 1 N–H and O–H groups in total. The van der Waals surface area contributed by atoms with Crippen molar-refractivity contribution in [3.63, 3.8) is 0 Å². The Balaban J connectivity index is 1.98. The van der Waals surface area contributed by atoms with E-state index < -0.39 is 0 Å². The van der Waals surface area contributed by atoms with Crippen molar-refractivity contribution in [3.05, 3.63) is 58.5 Å². The molecule has 0 radical (unpaired) electrons. The van der Waals surface area contributed by atoms with Crippen LogP contribution in [0.15, 0.2) is 47.1 Å². The van der Waals surface area contributed by atoms with Crippen LogP contribution in [0.4, 0.5) is 0 Å². The fraction of sp³-hybridized carbons (Fsp3) is 0. The zero-order chi connectivity index (χ0) is 12.4. The number of hydrogen-bond donors (Lipinski definition) is 1. The van der Waals surface area contributed by atoms with Crippen LogP contribution < -0.4 is 0 Å². The van der Waals surface area contributed by atoms with Crippen LogP contribution in [0.25, 0.3) is 23.1 Å². The number of aromatic amines is 1. The van der Waals surface area contributed by atoms with Gasteiger partial charge in [0.1, 0.15) is 0 Å². The van der Waals surface area contributed by atoms with Crippen LogP contribution in [0.2, 0.25) is 0 Å². The molecule has 88 valence electrons. The summed E-state index contributed by atoms with van der Waals surface area (Å²) in [5.74, 6) is 0. The fourth-order valence-electron chi connectivity index (χ4n) is 1.78. The molecule has 0 aliphatic rings. The number of H-pyrrole nitrogens is 1. The Morgan fingerprint density at radius 1 is 1.11 bits per heavy atom. The molecule has 0 saturated heterocycles. The maximum Gasteiger partial charge on any atom is 0.0928 e. The van der Waals surface area contributed by atoms with Gasteiger partial charge in [-0.05, 0) is 42.5 Å². The van der Waals surface area contributed by atoms with E-state index in [-0.39, 0.29) is 0 Å². The van der Waals surface area contributed by atoms with Crippen molar-refractivity contribution in [1.82, 2.24) is 15.2 Å². The van der Waals surface area contributed by atoms with Crippen LogP contribution >= 0.6 is 15.9 Å². The third kappa shape index (κ3) is 2.19. The Hall–Kier alpha value is -1.94. The van der Waals surface area contributed by atoms with Gasteiger partial charge in [0.2, 0.25) is 0 Å². The van der Waals surface area contributed by atoms with Gasteiger partial charge in [-0.2, -0.15) is 5.10 Å². The highest BCUT2D eigenvalue weighted by Gasteiger charge is 2.02. The molecule has 0 aliphatic carbocycles. The highest BCUT2D eigenvalue weighted by atomic mass is 79.9. The molecule has 0 atom stereocenters. The van der Waals surface area contributed by atoms with Crippen molar-refractivity contribution in [2.24, 2.45) is 0 Å². The third-order valence-electron chi connectivity index (χ3n) is 2.65. The van der Waals surface area contributed by atoms with Gasteiger partial charge in [-0.15, -0.1) is 0 Å². The predicted molar refractivity (Wildman–Crippen MR) is 77.0 cm³/mol. The van der Waals surface area contributed by atoms with Gasteiger partial charge in [-0.1, -0.05) is 22.0 Å². The van der Waals surface area contributed by atoms with E-state index >= 15 is 0 Å². The molecule has 0 unspecified atom stereocenters. The number of rotatable bonds is 2. The van der Waals surface area contributed by atoms with Gasteiger partial charge in [-0.25, -0.2) is 0 Å². The average Bonchev–Trinajstić information content (AvgIpc) is 2.80. The molecular formula is C14H10BrN3. The van der Waals surface area contributed by atoms with Crippen molar-refractivity contribution < 1.29 is 0 Å². The van der Waals surface area contributed by atoms with E-state index in [9.17, 15) is 0 Å². The van der Waals surface area contributed by atoms with E-state index in [1.165, 1.54) is 0 Å². The van der Waals surface area contributed by atoms with Gasteiger partial charge < -0.3 is 0 Å². The van der Waals surface area contributed by atoms with E-state index in [2.05, 4.69) is 31.1 Å². The Kier molecular flexibility index (Phi) is 2.94. The van der Waals surface area contributed by atoms with E-state index in [0.29, 0.717) is 0 Å². The summed E-state index contributed by atoms with van der Waals surface area (Å²) < 4.78 is 1.04. The molecule has 3 aromatic rings. The zero-order valence-electron chi connectivity index (χ0n) is 9.47. The molecule has 18 heavy (non-hydrogen) atoms. The van der Waals surface area contributed by atoms with Gasteiger partial charge in [-0.3, -0.25) is 10.1 Å². The van der Waals surface area contributed by atoms with E-state index in [4.69, 9.17) is 0 Å². The number of fused-ring (bicyclic) bond motifs is 1. The zero-order valence-corrected chi connectivity index (χ0v) is 11.1. The van der Waals surface area contributed by atoms with Crippen LogP contribution in [0, 0.1) is 0 Å². The van der Waals surface area contributed by atoms with Gasteiger partial charge in [0.05, 0.1) is 16.9 Å². The second-order valence-electron chi connectivity index (χ2n) is 3.89. The quantitative estimate of drug-likeness (QED) is 0.780. The normalized spacial score (nSPS) is 11.4. The maximum atomic E-state index is 4.29. The maximum absolute atomic E-state index is 4.29. The van der Waals surface area contributed by atoms with Crippen LogP contribution in [0.1, 0.15) is 11.4 Å². The predicted octanol–water partition coefficient (Wildman–Crippen LogP) is 3.89. The SMILES string of the molecule is Brc1ccc2c(C=Cc3ccccn3)n[nH]c2c1. The lowest BCUT2D eigenvalue weighted by Crippen LogP contribution is -1.77. The third-order valence-corrected chi connectivity index (χ3v) is 3.15. The molecule has 3 nitrogen and oxygen atoms in total. The summed E-state index contributed by atoms with van der Waals surface area (Å²) >= 11 is 3.44. The van der Waals surface area contributed by atoms with Crippen LogP contribution in [-0.2, 0) is 0 Å². The average molecular weight is 300 g/mol. The lowest BCUT2D eigenvalue weighted by molar-refractivity contribution is 1.11. The molecule has 2 heterocycles. The highest BCUT2D eigenvalue weighted by molar-refractivity contribution is 9.10. The molecule has 1 aromatic carbocycles. The van der Waals surface area contributed by atoms with Crippen molar-refractivity contribution in [2.75, 3.05) is 0 Å². The van der Waals surface area contributed by atoms with E-state index in [1.54, 1.807) is 6.20 Å². The lowest BCUT2D eigenvalue weighted by atomic mass is 10.2. The molecule has 0 fully saturated rings. The van der Waals surface area contributed by atoms with Crippen molar-refractivity contribution in [2.45, 2.75) is 0 Å². The standard InChI is InChI=1S/C14H10BrN3/c15-10-4-6-12-13(17-18-14(12)9-10)7-5-11-3-1-2-8-16-11/h1-9H,(H,17,18). The first-order chi connectivity index (χ1) is 8.83. The Bertz CT molecular complexity index is 701. The number of pyridine rings is 1. The Labute approximate surface area is 113 Å². The first-order valence-corrected chi connectivity index (χ1v) is 6.35. The molecule has 0 bridgehead atoms. The first kappa shape index (κ1) is 11.2. The lowest BCUT2D eigenvalue weighted by Gasteiger charge is -1.92. The summed E-state index contributed by atoms with van der Waals surface area (Å²) in [4.78, 5) is 4.24. The molecule has 0 amide bonds. The van der Waals surface area contributed by atoms with Crippen molar-refractivity contribution in [1.29, 1.82) is 0 Å². The number of nitrogens with zero attached hydrogens (tertiary/aromatic N) is 2. The fourth-order valence-corrected chi connectivity index (χ4v) is 2.14. The van der Waals surface area contributed by atoms with Crippen molar-refractivity contribution in [3.8, 4) is 0 Å².